The van der Waals surface area contributed by atoms with Crippen molar-refractivity contribution >= 4 is 17.7 Å². The highest BCUT2D eigenvalue weighted by molar-refractivity contribution is 5.94. The molecule has 3 amide bonds. The Morgan fingerprint density at radius 3 is 2.25 bits per heavy atom. The summed E-state index contributed by atoms with van der Waals surface area (Å²) in [5.41, 5.74) is 9.05. The van der Waals surface area contributed by atoms with Crippen molar-refractivity contribution in [1.82, 2.24) is 20.4 Å². The van der Waals surface area contributed by atoms with Crippen molar-refractivity contribution in [2.24, 2.45) is 11.1 Å². The van der Waals surface area contributed by atoms with E-state index in [9.17, 15) is 14.4 Å². The van der Waals surface area contributed by atoms with Crippen LogP contribution < -0.4 is 21.1 Å². The van der Waals surface area contributed by atoms with Crippen molar-refractivity contribution in [3.8, 4) is 5.75 Å². The number of rotatable bonds is 18. The first kappa shape index (κ1) is 40.2. The van der Waals surface area contributed by atoms with Crippen molar-refractivity contribution in [2.45, 2.75) is 84.1 Å². The highest BCUT2D eigenvalue weighted by Crippen LogP contribution is 2.33. The quantitative estimate of drug-likeness (QED) is 0.199. The SMILES string of the molecule is C[C@@H](C(=O)N[C@H](C(=O)N1Cc2cc(OCCOCCOCCOCCN)ccc2C[C@H]1C(=O)N[C@@H]1CCCc2ccccc21)C(C)(C)C)N(C)C. The summed E-state index contributed by atoms with van der Waals surface area (Å²) >= 11 is 0. The Morgan fingerprint density at radius 2 is 1.59 bits per heavy atom. The molecule has 1 aliphatic carbocycles. The maximum absolute atomic E-state index is 14.6. The number of benzene rings is 2. The molecule has 0 radical (unpaired) electrons. The average molecular weight is 710 g/mol. The van der Waals surface area contributed by atoms with E-state index in [4.69, 9.17) is 24.7 Å². The van der Waals surface area contributed by atoms with E-state index in [1.807, 2.05) is 65.2 Å². The molecule has 51 heavy (non-hydrogen) atoms. The van der Waals surface area contributed by atoms with Crippen molar-refractivity contribution in [1.29, 1.82) is 0 Å². The number of amides is 3. The van der Waals surface area contributed by atoms with Crippen LogP contribution in [0, 0.1) is 5.41 Å². The Hall–Kier alpha value is -3.55. The molecule has 4 atom stereocenters. The van der Waals surface area contributed by atoms with E-state index < -0.39 is 23.5 Å². The topological polar surface area (TPSA) is 145 Å². The summed E-state index contributed by atoms with van der Waals surface area (Å²) < 4.78 is 22.4. The number of nitrogens with two attached hydrogens (primary N) is 1. The summed E-state index contributed by atoms with van der Waals surface area (Å²) in [5, 5.41) is 6.33. The summed E-state index contributed by atoms with van der Waals surface area (Å²) in [6.45, 7) is 11.4. The first-order chi connectivity index (χ1) is 24.4. The zero-order chi connectivity index (χ0) is 37.0. The molecule has 1 heterocycles. The molecule has 0 saturated carbocycles. The molecule has 2 aromatic rings. The van der Waals surface area contributed by atoms with Crippen LogP contribution in [0.2, 0.25) is 0 Å². The highest BCUT2D eigenvalue weighted by Gasteiger charge is 2.43. The second-order valence-electron chi connectivity index (χ2n) is 14.7. The Bertz CT molecular complexity index is 1450. The Labute approximate surface area is 303 Å². The normalized spacial score (nSPS) is 18.4. The fourth-order valence-corrected chi connectivity index (χ4v) is 6.44. The van der Waals surface area contributed by atoms with Gasteiger partial charge in [0.05, 0.1) is 51.7 Å². The third-order valence-electron chi connectivity index (χ3n) is 9.64. The smallest absolute Gasteiger partial charge is 0.246 e. The molecule has 4 N–H and O–H groups in total. The maximum atomic E-state index is 14.6. The second-order valence-corrected chi connectivity index (χ2v) is 14.7. The number of ether oxygens (including phenoxy) is 4. The molecule has 2 aromatic carbocycles. The Balaban J connectivity index is 1.48. The van der Waals surface area contributed by atoms with E-state index in [1.54, 1.807) is 16.7 Å². The van der Waals surface area contributed by atoms with Crippen LogP contribution in [-0.2, 0) is 48.0 Å². The minimum Gasteiger partial charge on any atom is -0.491 e. The molecule has 0 spiro atoms. The van der Waals surface area contributed by atoms with Crippen molar-refractivity contribution in [3.63, 3.8) is 0 Å². The van der Waals surface area contributed by atoms with Crippen LogP contribution in [0.5, 0.6) is 5.75 Å². The molecule has 1 aliphatic heterocycles. The maximum Gasteiger partial charge on any atom is 0.246 e. The number of nitrogens with zero attached hydrogens (tertiary/aromatic N) is 2. The fourth-order valence-electron chi connectivity index (χ4n) is 6.44. The first-order valence-corrected chi connectivity index (χ1v) is 18.2. The number of likely N-dealkylation sites (N-methyl/N-ethyl adjacent to an activating group) is 1. The summed E-state index contributed by atoms with van der Waals surface area (Å²) in [6, 6.07) is 11.9. The summed E-state index contributed by atoms with van der Waals surface area (Å²) in [7, 11) is 3.65. The van der Waals surface area contributed by atoms with Gasteiger partial charge < -0.3 is 40.2 Å². The van der Waals surface area contributed by atoms with Crippen LogP contribution in [0.1, 0.15) is 68.8 Å². The summed E-state index contributed by atoms with van der Waals surface area (Å²) in [6.07, 6.45) is 3.15. The number of fused-ring (bicyclic) bond motifs is 2. The number of hydrogen-bond donors (Lipinski definition) is 3. The van der Waals surface area contributed by atoms with E-state index in [1.165, 1.54) is 5.56 Å². The number of hydrogen-bond acceptors (Lipinski definition) is 9. The zero-order valence-electron chi connectivity index (χ0n) is 31.4. The molecule has 12 nitrogen and oxygen atoms in total. The third-order valence-corrected chi connectivity index (χ3v) is 9.64. The highest BCUT2D eigenvalue weighted by atomic mass is 16.6. The lowest BCUT2D eigenvalue weighted by Gasteiger charge is -2.42. The summed E-state index contributed by atoms with van der Waals surface area (Å²) in [4.78, 5) is 45.6. The molecule has 4 rings (SSSR count). The van der Waals surface area contributed by atoms with Gasteiger partial charge in [-0.15, -0.1) is 0 Å². The molecule has 0 bridgehead atoms. The van der Waals surface area contributed by atoms with Gasteiger partial charge in [-0.2, -0.15) is 0 Å². The van der Waals surface area contributed by atoms with Gasteiger partial charge in [-0.25, -0.2) is 0 Å². The predicted octanol–water partition coefficient (Wildman–Crippen LogP) is 3.00. The van der Waals surface area contributed by atoms with Crippen LogP contribution in [0.3, 0.4) is 0 Å². The van der Waals surface area contributed by atoms with Gasteiger partial charge >= 0.3 is 0 Å². The van der Waals surface area contributed by atoms with E-state index >= 15 is 0 Å². The van der Waals surface area contributed by atoms with E-state index in [0.717, 1.165) is 36.0 Å². The van der Waals surface area contributed by atoms with E-state index in [0.29, 0.717) is 65.0 Å². The van der Waals surface area contributed by atoms with Crippen LogP contribution in [0.4, 0.5) is 0 Å². The summed E-state index contributed by atoms with van der Waals surface area (Å²) in [5.74, 6) is -0.0721. The first-order valence-electron chi connectivity index (χ1n) is 18.2. The van der Waals surface area contributed by atoms with Crippen molar-refractivity contribution < 1.29 is 33.3 Å². The van der Waals surface area contributed by atoms with Crippen molar-refractivity contribution in [2.75, 3.05) is 66.9 Å². The number of aryl methyl sites for hydroxylation is 1. The fraction of sp³-hybridized carbons (Fsp3) is 0.615. The second kappa shape index (κ2) is 19.3. The third kappa shape index (κ3) is 11.5. The van der Waals surface area contributed by atoms with Crippen LogP contribution in [-0.4, -0.2) is 113 Å². The lowest BCUT2D eigenvalue weighted by Crippen LogP contribution is -2.62. The van der Waals surface area contributed by atoms with Gasteiger partial charge in [-0.1, -0.05) is 51.1 Å². The van der Waals surface area contributed by atoms with E-state index in [2.05, 4.69) is 22.8 Å². The van der Waals surface area contributed by atoms with Crippen LogP contribution in [0.15, 0.2) is 42.5 Å². The van der Waals surface area contributed by atoms with Gasteiger partial charge in [0, 0.05) is 19.5 Å². The molecule has 282 valence electrons. The lowest BCUT2D eigenvalue weighted by atomic mass is 9.83. The van der Waals surface area contributed by atoms with Crippen LogP contribution in [0.25, 0.3) is 0 Å². The molecular weight excluding hydrogens is 650 g/mol. The largest absolute Gasteiger partial charge is 0.491 e. The molecule has 0 aromatic heterocycles. The van der Waals surface area contributed by atoms with E-state index in [-0.39, 0.29) is 30.3 Å². The van der Waals surface area contributed by atoms with Crippen LogP contribution >= 0.6 is 0 Å². The van der Waals surface area contributed by atoms with Gasteiger partial charge in [0.1, 0.15) is 24.4 Å². The van der Waals surface area contributed by atoms with Crippen molar-refractivity contribution in [3.05, 3.63) is 64.7 Å². The minimum absolute atomic E-state index is 0.125. The van der Waals surface area contributed by atoms with Gasteiger partial charge in [0.2, 0.25) is 17.7 Å². The Kier molecular flexibility index (Phi) is 15.2. The zero-order valence-corrected chi connectivity index (χ0v) is 31.4. The molecule has 0 unspecified atom stereocenters. The molecule has 12 heteroatoms. The van der Waals surface area contributed by atoms with Gasteiger partial charge in [0.15, 0.2) is 0 Å². The minimum atomic E-state index is -0.848. The van der Waals surface area contributed by atoms with Gasteiger partial charge in [-0.05, 0) is 80.1 Å². The van der Waals surface area contributed by atoms with Gasteiger partial charge in [0.25, 0.3) is 0 Å². The Morgan fingerprint density at radius 1 is 0.922 bits per heavy atom. The predicted molar refractivity (Wildman–Crippen MR) is 196 cm³/mol. The monoisotopic (exact) mass is 709 g/mol. The molecule has 2 aliphatic rings. The number of carbonyl (C=O) groups excluding carboxylic acids is 3. The number of nitrogens with one attached hydrogen (secondary N) is 2. The molecular formula is C39H59N5O7. The number of carbonyl (C=O) groups is 3. The average Bonchev–Trinajstić information content (AvgIpc) is 3.11. The van der Waals surface area contributed by atoms with Gasteiger partial charge in [-0.3, -0.25) is 19.3 Å². The molecule has 0 fully saturated rings. The lowest BCUT2D eigenvalue weighted by molar-refractivity contribution is -0.147. The molecule has 0 saturated heterocycles. The standard InChI is InChI=1S/C39H59N5O7/c1-27(43(5)6)36(45)42-35(39(2,3)4)38(47)44-26-30-24-31(51-23-22-50-21-20-49-19-18-48-17-16-40)15-14-29(30)25-34(44)37(46)41-33-13-9-11-28-10-7-8-12-32(28)33/h7-8,10,12,14-15,24,27,33-35H,9,11,13,16-23,25-26,40H2,1-6H3,(H,41,46)(H,42,45)/t27-,33+,34-,35+/m0/s1.